The molecule has 2 amide bonds. The maximum Gasteiger partial charge on any atom is 0.317 e. The lowest BCUT2D eigenvalue weighted by atomic mass is 10.3. The number of nitrogens with zero attached hydrogens (tertiary/aromatic N) is 1. The summed E-state index contributed by atoms with van der Waals surface area (Å²) in [6.45, 7) is 2.71. The van der Waals surface area contributed by atoms with Gasteiger partial charge in [0.1, 0.15) is 0 Å². The first kappa shape index (κ1) is 17.7. The van der Waals surface area contributed by atoms with Gasteiger partial charge in [-0.15, -0.1) is 0 Å². The third-order valence-electron chi connectivity index (χ3n) is 3.24. The van der Waals surface area contributed by atoms with E-state index in [-0.39, 0.29) is 25.0 Å². The number of carboxylic acids is 1. The highest BCUT2D eigenvalue weighted by molar-refractivity contribution is 5.76. The molecule has 122 valence electrons. The predicted molar refractivity (Wildman–Crippen MR) is 77.3 cm³/mol. The van der Waals surface area contributed by atoms with Crippen molar-refractivity contribution in [2.24, 2.45) is 0 Å². The van der Waals surface area contributed by atoms with Crippen LogP contribution in [0, 0.1) is 0 Å². The highest BCUT2D eigenvalue weighted by Crippen LogP contribution is 2.26. The summed E-state index contributed by atoms with van der Waals surface area (Å²) in [5.41, 5.74) is 0. The zero-order valence-corrected chi connectivity index (χ0v) is 12.7. The molecule has 1 rings (SSSR count). The number of carboxylic acid groups (broad SMARTS) is 1. The molecule has 0 saturated heterocycles. The quantitative estimate of drug-likeness (QED) is 0.527. The van der Waals surface area contributed by atoms with Crippen LogP contribution in [0.25, 0.3) is 0 Å². The van der Waals surface area contributed by atoms with E-state index in [1.54, 1.807) is 12.0 Å². The van der Waals surface area contributed by atoms with Crippen molar-refractivity contribution in [3.63, 3.8) is 0 Å². The summed E-state index contributed by atoms with van der Waals surface area (Å²) in [6, 6.07) is 0.0702. The van der Waals surface area contributed by atoms with Crippen LogP contribution in [0.15, 0.2) is 0 Å². The molecule has 0 heterocycles. The number of nitrogens with one attached hydrogen (secondary N) is 1. The molecule has 0 unspecified atom stereocenters. The van der Waals surface area contributed by atoms with E-state index in [0.717, 1.165) is 25.7 Å². The molecular formula is C14H26N2O5. The summed E-state index contributed by atoms with van der Waals surface area (Å²) < 4.78 is 10.2. The first-order chi connectivity index (χ1) is 10.1. The Hall–Kier alpha value is -1.34. The predicted octanol–water partition coefficient (Wildman–Crippen LogP) is 1.08. The molecule has 0 spiro atoms. The maximum atomic E-state index is 12.0. The molecule has 0 radical (unpaired) electrons. The normalized spacial score (nSPS) is 14.0. The molecule has 1 saturated carbocycles. The van der Waals surface area contributed by atoms with E-state index >= 15 is 0 Å². The van der Waals surface area contributed by atoms with Gasteiger partial charge in [-0.3, -0.25) is 4.79 Å². The summed E-state index contributed by atoms with van der Waals surface area (Å²) in [6.07, 6.45) is 3.66. The molecule has 7 nitrogen and oxygen atoms in total. The fourth-order valence-corrected chi connectivity index (χ4v) is 1.92. The average Bonchev–Trinajstić information content (AvgIpc) is 3.26. The molecule has 1 fully saturated rings. The topological polar surface area (TPSA) is 88.1 Å². The fraction of sp³-hybridized carbons (Fsp3) is 0.857. The van der Waals surface area contributed by atoms with Gasteiger partial charge in [0.2, 0.25) is 0 Å². The number of carbonyl (C=O) groups is 2. The number of methoxy groups -OCH3 is 1. The lowest BCUT2D eigenvalue weighted by Gasteiger charge is -2.22. The van der Waals surface area contributed by atoms with Gasteiger partial charge in [0.05, 0.1) is 19.6 Å². The Bertz CT molecular complexity index is 320. The lowest BCUT2D eigenvalue weighted by molar-refractivity contribution is -0.137. The van der Waals surface area contributed by atoms with E-state index in [2.05, 4.69) is 5.32 Å². The number of hydrogen-bond acceptors (Lipinski definition) is 4. The summed E-state index contributed by atoms with van der Waals surface area (Å²) in [5, 5.41) is 11.5. The summed E-state index contributed by atoms with van der Waals surface area (Å²) in [4.78, 5) is 24.2. The second kappa shape index (κ2) is 10.4. The number of amides is 2. The molecular weight excluding hydrogens is 276 g/mol. The summed E-state index contributed by atoms with van der Waals surface area (Å²) in [5.74, 6) is -0.873. The van der Waals surface area contributed by atoms with Crippen molar-refractivity contribution in [3.8, 4) is 0 Å². The molecule has 2 N–H and O–H groups in total. The Balaban J connectivity index is 2.06. The van der Waals surface area contributed by atoms with Crippen molar-refractivity contribution in [1.82, 2.24) is 10.2 Å². The summed E-state index contributed by atoms with van der Waals surface area (Å²) in [7, 11) is 1.63. The van der Waals surface area contributed by atoms with Crippen molar-refractivity contribution in [2.45, 2.75) is 38.1 Å². The molecule has 21 heavy (non-hydrogen) atoms. The van der Waals surface area contributed by atoms with E-state index < -0.39 is 5.97 Å². The van der Waals surface area contributed by atoms with Crippen molar-refractivity contribution in [3.05, 3.63) is 0 Å². The van der Waals surface area contributed by atoms with Gasteiger partial charge in [0.25, 0.3) is 0 Å². The minimum atomic E-state index is -0.873. The molecule has 0 aliphatic heterocycles. The first-order valence-electron chi connectivity index (χ1n) is 7.48. The zero-order chi connectivity index (χ0) is 15.5. The van der Waals surface area contributed by atoms with Gasteiger partial charge in [0.15, 0.2) is 0 Å². The third kappa shape index (κ3) is 8.52. The van der Waals surface area contributed by atoms with Crippen molar-refractivity contribution >= 4 is 12.0 Å². The van der Waals surface area contributed by atoms with Gasteiger partial charge in [0, 0.05) is 32.8 Å². The summed E-state index contributed by atoms with van der Waals surface area (Å²) >= 11 is 0. The number of carbonyl (C=O) groups excluding carboxylic acids is 1. The maximum absolute atomic E-state index is 12.0. The van der Waals surface area contributed by atoms with Gasteiger partial charge < -0.3 is 24.8 Å². The fourth-order valence-electron chi connectivity index (χ4n) is 1.92. The van der Waals surface area contributed by atoms with Crippen molar-refractivity contribution in [2.75, 3.05) is 40.0 Å². The van der Waals surface area contributed by atoms with Crippen molar-refractivity contribution < 1.29 is 24.2 Å². The van der Waals surface area contributed by atoms with E-state index in [0.29, 0.717) is 26.4 Å². The van der Waals surface area contributed by atoms with Gasteiger partial charge >= 0.3 is 12.0 Å². The first-order valence-corrected chi connectivity index (χ1v) is 7.48. The van der Waals surface area contributed by atoms with Crippen LogP contribution in [0.1, 0.15) is 32.1 Å². The van der Waals surface area contributed by atoms with E-state index in [9.17, 15) is 9.59 Å². The Labute approximate surface area is 125 Å². The minimum Gasteiger partial charge on any atom is -0.481 e. The number of hydrogen-bond donors (Lipinski definition) is 2. The molecule has 0 atom stereocenters. The number of rotatable bonds is 12. The number of urea groups is 1. The standard InChI is InChI=1S/C14H26N2O5/c1-20-10-11-21-9-3-2-7-15-14(19)16(12-4-5-12)8-6-13(17)18/h12H,2-11H2,1H3,(H,15,19)(H,17,18). The molecule has 0 bridgehead atoms. The Morgan fingerprint density at radius 1 is 1.24 bits per heavy atom. The lowest BCUT2D eigenvalue weighted by Crippen LogP contribution is -2.42. The molecule has 0 aromatic rings. The second-order valence-electron chi connectivity index (χ2n) is 5.11. The van der Waals surface area contributed by atoms with Crippen LogP contribution in [0.4, 0.5) is 4.79 Å². The molecule has 1 aliphatic rings. The number of aliphatic carboxylic acids is 1. The van der Waals surface area contributed by atoms with Gasteiger partial charge in [-0.05, 0) is 25.7 Å². The van der Waals surface area contributed by atoms with Gasteiger partial charge in [-0.2, -0.15) is 0 Å². The highest BCUT2D eigenvalue weighted by atomic mass is 16.5. The van der Waals surface area contributed by atoms with Gasteiger partial charge in [-0.1, -0.05) is 0 Å². The Morgan fingerprint density at radius 3 is 2.62 bits per heavy atom. The van der Waals surface area contributed by atoms with Crippen LogP contribution in [-0.2, 0) is 14.3 Å². The monoisotopic (exact) mass is 302 g/mol. The zero-order valence-electron chi connectivity index (χ0n) is 12.7. The molecule has 0 aromatic carbocycles. The van der Waals surface area contributed by atoms with Crippen LogP contribution >= 0.6 is 0 Å². The number of unbranched alkanes of at least 4 members (excludes halogenated alkanes) is 1. The highest BCUT2D eigenvalue weighted by Gasteiger charge is 2.32. The van der Waals surface area contributed by atoms with Crippen LogP contribution in [0.2, 0.25) is 0 Å². The Morgan fingerprint density at radius 2 is 2.00 bits per heavy atom. The van der Waals surface area contributed by atoms with Crippen molar-refractivity contribution in [1.29, 1.82) is 0 Å². The molecule has 7 heteroatoms. The van der Waals surface area contributed by atoms with E-state index in [1.165, 1.54) is 0 Å². The van der Waals surface area contributed by atoms with Gasteiger partial charge in [-0.25, -0.2) is 4.79 Å². The molecule has 0 aromatic heterocycles. The van der Waals surface area contributed by atoms with Crippen LogP contribution in [0.5, 0.6) is 0 Å². The van der Waals surface area contributed by atoms with E-state index in [1.807, 2.05) is 0 Å². The van der Waals surface area contributed by atoms with Crippen LogP contribution in [-0.4, -0.2) is 68.1 Å². The second-order valence-corrected chi connectivity index (χ2v) is 5.11. The minimum absolute atomic E-state index is 0.00272. The van der Waals surface area contributed by atoms with E-state index in [4.69, 9.17) is 14.6 Å². The average molecular weight is 302 g/mol. The van der Waals surface area contributed by atoms with Crippen LogP contribution < -0.4 is 5.32 Å². The number of ether oxygens (including phenoxy) is 2. The third-order valence-corrected chi connectivity index (χ3v) is 3.24. The SMILES string of the molecule is COCCOCCCCNC(=O)N(CCC(=O)O)C1CC1. The molecule has 1 aliphatic carbocycles. The Kier molecular flexibility index (Phi) is 8.77. The van der Waals surface area contributed by atoms with Crippen LogP contribution in [0.3, 0.4) is 0 Å². The largest absolute Gasteiger partial charge is 0.481 e. The smallest absolute Gasteiger partial charge is 0.317 e.